The fraction of sp³-hybridized carbons (Fsp3) is 0.409. The van der Waals surface area contributed by atoms with Crippen LogP contribution in [-0.4, -0.2) is 0 Å². The summed E-state index contributed by atoms with van der Waals surface area (Å²) in [4.78, 5) is 0. The number of benzene rings is 2. The summed E-state index contributed by atoms with van der Waals surface area (Å²) in [6.45, 7) is 9.07. The van der Waals surface area contributed by atoms with Crippen LogP contribution in [0.4, 0.5) is 0 Å². The average Bonchev–Trinajstić information content (AvgIpc) is 2.52. The number of hydrogen-bond donors (Lipinski definition) is 0. The van der Waals surface area contributed by atoms with Crippen LogP contribution in [0, 0.1) is 5.92 Å². The normalized spacial score (nSPS) is 11.0. The van der Waals surface area contributed by atoms with Crippen LogP contribution in [0.1, 0.15) is 70.1 Å². The summed E-state index contributed by atoms with van der Waals surface area (Å²) in [7, 11) is 0. The van der Waals surface area contributed by atoms with Gasteiger partial charge in [-0.2, -0.15) is 0 Å². The zero-order valence-electron chi connectivity index (χ0n) is 15.5. The van der Waals surface area contributed by atoms with Crippen LogP contribution in [0.2, 0.25) is 0 Å². The van der Waals surface area contributed by atoms with Gasteiger partial charge in [0.25, 0.3) is 0 Å². The maximum atomic E-state index is 2.30. The Morgan fingerprint density at radius 3 is 1.87 bits per heavy atom. The summed E-state index contributed by atoms with van der Waals surface area (Å²) < 4.78 is 0. The summed E-state index contributed by atoms with van der Waals surface area (Å²) >= 11 is 0. The molecule has 0 aliphatic carbocycles. The van der Waals surface area contributed by atoms with Gasteiger partial charge in [0.2, 0.25) is 0 Å². The van der Waals surface area contributed by atoms with E-state index in [0.717, 1.165) is 6.42 Å². The Bertz CT molecular complexity index is 549. The van der Waals surface area contributed by atoms with Crippen molar-refractivity contribution in [1.29, 1.82) is 0 Å². The maximum Gasteiger partial charge on any atom is 1.00 e. The third-order valence-corrected chi connectivity index (χ3v) is 4.25. The Morgan fingerprint density at radius 2 is 1.35 bits per heavy atom. The Labute approximate surface area is 154 Å². The zero-order chi connectivity index (χ0) is 16.0. The topological polar surface area (TPSA) is 0 Å². The second-order valence-electron chi connectivity index (χ2n) is 7.13. The fourth-order valence-electron chi connectivity index (χ4n) is 2.82. The van der Waals surface area contributed by atoms with E-state index in [1.54, 1.807) is 0 Å². The quantitative estimate of drug-likeness (QED) is 0.435. The van der Waals surface area contributed by atoms with E-state index in [-0.39, 0.29) is 24.3 Å². The first-order valence-electron chi connectivity index (χ1n) is 8.54. The van der Waals surface area contributed by atoms with Crippen LogP contribution in [0.15, 0.2) is 54.6 Å². The summed E-state index contributed by atoms with van der Waals surface area (Å²) in [5.74, 6) is 1.48. The number of rotatable bonds is 6. The molecule has 0 aliphatic rings. The van der Waals surface area contributed by atoms with Gasteiger partial charge >= 0.3 is 18.9 Å². The minimum atomic E-state index is 0. The molecule has 0 N–H and O–H groups in total. The Hall–Kier alpha value is -1.09. The Morgan fingerprint density at radius 1 is 0.783 bits per heavy atom. The van der Waals surface area contributed by atoms with Gasteiger partial charge in [0.05, 0.1) is 0 Å². The molecule has 2 aromatic rings. The molecule has 118 valence electrons. The van der Waals surface area contributed by atoms with Crippen molar-refractivity contribution in [3.63, 3.8) is 0 Å². The fourth-order valence-corrected chi connectivity index (χ4v) is 2.82. The predicted molar refractivity (Wildman–Crippen MR) is 97.2 cm³/mol. The molecule has 0 bridgehead atoms. The zero-order valence-corrected chi connectivity index (χ0v) is 15.5. The molecule has 0 nitrogen and oxygen atoms in total. The summed E-state index contributed by atoms with van der Waals surface area (Å²) in [6, 6.07) is 20.0. The van der Waals surface area contributed by atoms with Gasteiger partial charge in [0.1, 0.15) is 0 Å². The summed E-state index contributed by atoms with van der Waals surface area (Å²) in [5, 5.41) is 0. The van der Waals surface area contributed by atoms with Crippen LogP contribution >= 0.6 is 0 Å². The number of unbranched alkanes of at least 4 members (excludes halogenated alkanes) is 2. The Balaban J connectivity index is 0.00000264. The van der Waals surface area contributed by atoms with Gasteiger partial charge < -0.3 is 0 Å². The van der Waals surface area contributed by atoms with Crippen molar-refractivity contribution in [1.82, 2.24) is 0 Å². The summed E-state index contributed by atoms with van der Waals surface area (Å²) in [5.41, 5.74) is 4.35. The first-order valence-corrected chi connectivity index (χ1v) is 8.54. The van der Waals surface area contributed by atoms with Gasteiger partial charge in [-0.1, -0.05) is 89.3 Å². The minimum Gasteiger partial charge on any atom is -0.120 e. The maximum absolute atomic E-state index is 2.30. The van der Waals surface area contributed by atoms with E-state index in [4.69, 9.17) is 0 Å². The van der Waals surface area contributed by atoms with Gasteiger partial charge in [-0.15, -0.1) is 41.3 Å². The van der Waals surface area contributed by atoms with E-state index in [2.05, 4.69) is 82.3 Å². The van der Waals surface area contributed by atoms with Crippen molar-refractivity contribution in [2.45, 2.75) is 58.8 Å². The van der Waals surface area contributed by atoms with E-state index >= 15 is 0 Å². The largest absolute Gasteiger partial charge is 1.00 e. The van der Waals surface area contributed by atoms with Gasteiger partial charge in [0, 0.05) is 0 Å². The molecule has 0 amide bonds. The molecule has 0 radical (unpaired) electrons. The first-order chi connectivity index (χ1) is 10.5. The number of hydrogen-bond acceptors (Lipinski definition) is 0. The third-order valence-electron chi connectivity index (χ3n) is 4.25. The molecule has 0 aliphatic heterocycles. The molecule has 23 heavy (non-hydrogen) atoms. The van der Waals surface area contributed by atoms with E-state index in [0.29, 0.717) is 0 Å². The van der Waals surface area contributed by atoms with Crippen LogP contribution in [-0.2, 0) is 5.41 Å². The first kappa shape index (κ1) is 20.0. The van der Waals surface area contributed by atoms with Crippen molar-refractivity contribution in [3.8, 4) is 0 Å². The van der Waals surface area contributed by atoms with Gasteiger partial charge in [-0.05, 0) is 5.41 Å². The molecular formula is C22H29Li. The SMILES string of the molecule is CCCCC[C-](c1ccccc1)c1ccc(C(C)(C)C)cc1.[Li+]. The summed E-state index contributed by atoms with van der Waals surface area (Å²) in [6.07, 6.45) is 5.00. The second kappa shape index (κ2) is 9.26. The van der Waals surface area contributed by atoms with E-state index in [1.165, 1.54) is 41.9 Å². The molecule has 2 rings (SSSR count). The van der Waals surface area contributed by atoms with E-state index in [9.17, 15) is 0 Å². The van der Waals surface area contributed by atoms with Gasteiger partial charge in [-0.25, -0.2) is 0 Å². The molecule has 1 heteroatoms. The van der Waals surface area contributed by atoms with Crippen molar-refractivity contribution in [2.75, 3.05) is 0 Å². The molecular weight excluding hydrogens is 271 g/mol. The van der Waals surface area contributed by atoms with Crippen molar-refractivity contribution < 1.29 is 18.9 Å². The average molecular weight is 300 g/mol. The van der Waals surface area contributed by atoms with Crippen molar-refractivity contribution in [3.05, 3.63) is 77.2 Å². The van der Waals surface area contributed by atoms with E-state index in [1.807, 2.05) is 0 Å². The van der Waals surface area contributed by atoms with Crippen LogP contribution in [0.5, 0.6) is 0 Å². The predicted octanol–water partition coefficient (Wildman–Crippen LogP) is 3.54. The molecule has 0 unspecified atom stereocenters. The molecule has 0 saturated carbocycles. The minimum absolute atomic E-state index is 0. The van der Waals surface area contributed by atoms with Gasteiger partial charge in [0.15, 0.2) is 0 Å². The second-order valence-corrected chi connectivity index (χ2v) is 7.13. The van der Waals surface area contributed by atoms with E-state index < -0.39 is 0 Å². The molecule has 0 atom stereocenters. The van der Waals surface area contributed by atoms with Crippen LogP contribution < -0.4 is 18.9 Å². The molecule has 2 aromatic carbocycles. The van der Waals surface area contributed by atoms with Crippen LogP contribution in [0.25, 0.3) is 0 Å². The molecule has 0 aromatic heterocycles. The Kier molecular flexibility index (Phi) is 8.04. The molecule has 0 saturated heterocycles. The third kappa shape index (κ3) is 5.80. The van der Waals surface area contributed by atoms with Crippen molar-refractivity contribution in [2.24, 2.45) is 0 Å². The standard InChI is InChI=1S/C22H29.Li/c1-5-6-8-13-21(18-11-9-7-10-12-18)19-14-16-20(17-15-19)22(2,3)4;/h7,9-12,14-17H,5-6,8,13H2,1-4H3;/q-1;+1. The monoisotopic (exact) mass is 300 g/mol. The van der Waals surface area contributed by atoms with Crippen molar-refractivity contribution >= 4 is 0 Å². The molecule has 0 heterocycles. The smallest absolute Gasteiger partial charge is 0.120 e. The molecule has 0 fully saturated rings. The van der Waals surface area contributed by atoms with Crippen LogP contribution in [0.3, 0.4) is 0 Å². The van der Waals surface area contributed by atoms with Gasteiger partial charge in [-0.3, -0.25) is 0 Å². The molecule has 0 spiro atoms.